The van der Waals surface area contributed by atoms with E-state index in [1.54, 1.807) is 4.90 Å². The van der Waals surface area contributed by atoms with Crippen molar-refractivity contribution in [3.63, 3.8) is 0 Å². The summed E-state index contributed by atoms with van der Waals surface area (Å²) in [4.78, 5) is 13.6. The number of carbonyl (C=O) groups is 1. The normalized spacial score (nSPS) is 21.5. The van der Waals surface area contributed by atoms with Crippen molar-refractivity contribution >= 4 is 5.91 Å². The second kappa shape index (κ2) is 6.05. The van der Waals surface area contributed by atoms with Crippen LogP contribution >= 0.6 is 0 Å². The van der Waals surface area contributed by atoms with Crippen LogP contribution in [0, 0.1) is 5.92 Å². The maximum atomic E-state index is 13.0. The minimum Gasteiger partial charge on any atom is -0.341 e. The molecule has 3 nitrogen and oxygen atoms in total. The Morgan fingerprint density at radius 2 is 2.05 bits per heavy atom. The maximum Gasteiger partial charge on any atom is 0.416 e. The van der Waals surface area contributed by atoms with Gasteiger partial charge in [0.25, 0.3) is 0 Å². The number of hydrogen-bond donors (Lipinski definition) is 1. The van der Waals surface area contributed by atoms with E-state index in [1.165, 1.54) is 18.2 Å². The van der Waals surface area contributed by atoms with Crippen LogP contribution in [-0.4, -0.2) is 23.9 Å². The number of piperidine rings is 1. The van der Waals surface area contributed by atoms with Crippen LogP contribution in [0.5, 0.6) is 0 Å². The summed E-state index contributed by atoms with van der Waals surface area (Å²) in [7, 11) is 0. The Morgan fingerprint density at radius 3 is 2.71 bits per heavy atom. The molecular formula is C15H19F3N2O. The third-order valence-corrected chi connectivity index (χ3v) is 3.88. The van der Waals surface area contributed by atoms with Gasteiger partial charge in [0.1, 0.15) is 0 Å². The third-order valence-electron chi connectivity index (χ3n) is 3.88. The Kier molecular flexibility index (Phi) is 4.56. The fourth-order valence-corrected chi connectivity index (χ4v) is 2.73. The summed E-state index contributed by atoms with van der Waals surface area (Å²) in [5, 5.41) is 0. The van der Waals surface area contributed by atoms with Crippen LogP contribution in [0.4, 0.5) is 13.2 Å². The molecule has 1 amide bonds. The van der Waals surface area contributed by atoms with Crippen LogP contribution in [0.15, 0.2) is 24.3 Å². The summed E-state index contributed by atoms with van der Waals surface area (Å²) in [5.41, 5.74) is 5.25. The zero-order valence-corrected chi connectivity index (χ0v) is 11.9. The van der Waals surface area contributed by atoms with Crippen LogP contribution in [0.3, 0.4) is 0 Å². The molecule has 1 aliphatic rings. The molecule has 116 valence electrons. The monoisotopic (exact) mass is 300 g/mol. The lowest BCUT2D eigenvalue weighted by Gasteiger charge is -2.33. The molecule has 1 aromatic carbocycles. The van der Waals surface area contributed by atoms with Gasteiger partial charge in [0.2, 0.25) is 5.91 Å². The molecule has 2 atom stereocenters. The Morgan fingerprint density at radius 1 is 1.38 bits per heavy atom. The molecule has 1 aromatic rings. The highest BCUT2D eigenvalue weighted by Crippen LogP contribution is 2.34. The molecule has 1 fully saturated rings. The standard InChI is InChI=1S/C15H19F3N2O/c1-10-5-4-8-20(14(10)21)9-13(19)11-6-2-3-7-12(11)15(16,17)18/h2-3,6-7,10,13H,4-5,8-9,19H2,1H3. The van der Waals surface area contributed by atoms with E-state index in [0.29, 0.717) is 6.54 Å². The SMILES string of the molecule is CC1CCCN(CC(N)c2ccccc2C(F)(F)F)C1=O. The van der Waals surface area contributed by atoms with Crippen LogP contribution in [0.25, 0.3) is 0 Å². The molecule has 1 heterocycles. The molecule has 2 N–H and O–H groups in total. The van der Waals surface area contributed by atoms with Gasteiger partial charge in [0.15, 0.2) is 0 Å². The van der Waals surface area contributed by atoms with Crippen LogP contribution in [0.2, 0.25) is 0 Å². The Labute approximate surface area is 121 Å². The zero-order valence-electron chi connectivity index (χ0n) is 11.9. The van der Waals surface area contributed by atoms with Gasteiger partial charge in [-0.1, -0.05) is 25.1 Å². The van der Waals surface area contributed by atoms with Crippen molar-refractivity contribution in [3.05, 3.63) is 35.4 Å². The fraction of sp³-hybridized carbons (Fsp3) is 0.533. The second-order valence-corrected chi connectivity index (χ2v) is 5.52. The Bertz CT molecular complexity index is 516. The molecule has 21 heavy (non-hydrogen) atoms. The molecule has 0 aliphatic carbocycles. The molecule has 2 rings (SSSR count). The lowest BCUT2D eigenvalue weighted by molar-refractivity contribution is -0.138. The molecule has 2 unspecified atom stereocenters. The number of nitrogens with two attached hydrogens (primary N) is 1. The van der Waals surface area contributed by atoms with Gasteiger partial charge in [-0.25, -0.2) is 0 Å². The number of likely N-dealkylation sites (tertiary alicyclic amines) is 1. The summed E-state index contributed by atoms with van der Waals surface area (Å²) in [6.45, 7) is 2.52. The Hall–Kier alpha value is -1.56. The van der Waals surface area contributed by atoms with E-state index in [9.17, 15) is 18.0 Å². The van der Waals surface area contributed by atoms with E-state index in [-0.39, 0.29) is 23.9 Å². The first kappa shape index (κ1) is 15.8. The van der Waals surface area contributed by atoms with Crippen molar-refractivity contribution in [2.45, 2.75) is 32.0 Å². The summed E-state index contributed by atoms with van der Waals surface area (Å²) < 4.78 is 39.0. The lowest BCUT2D eigenvalue weighted by atomic mass is 9.96. The van der Waals surface area contributed by atoms with Crippen LogP contribution in [0.1, 0.15) is 36.9 Å². The van der Waals surface area contributed by atoms with E-state index in [1.807, 2.05) is 6.92 Å². The van der Waals surface area contributed by atoms with Gasteiger partial charge in [-0.2, -0.15) is 13.2 Å². The van der Waals surface area contributed by atoms with Gasteiger partial charge < -0.3 is 10.6 Å². The van der Waals surface area contributed by atoms with Crippen molar-refractivity contribution in [1.29, 1.82) is 0 Å². The second-order valence-electron chi connectivity index (χ2n) is 5.52. The minimum absolute atomic E-state index is 0.0267. The van der Waals surface area contributed by atoms with Crippen LogP contribution < -0.4 is 5.73 Å². The van der Waals surface area contributed by atoms with Crippen molar-refractivity contribution in [3.8, 4) is 0 Å². The molecule has 0 radical (unpaired) electrons. The van der Waals surface area contributed by atoms with E-state index < -0.39 is 17.8 Å². The predicted octanol–water partition coefficient (Wildman–Crippen LogP) is 2.96. The van der Waals surface area contributed by atoms with Crippen molar-refractivity contribution in [2.24, 2.45) is 11.7 Å². The lowest BCUT2D eigenvalue weighted by Crippen LogP contribution is -2.44. The first-order valence-electron chi connectivity index (χ1n) is 7.01. The van der Waals surface area contributed by atoms with Gasteiger partial charge in [-0.15, -0.1) is 0 Å². The van der Waals surface area contributed by atoms with Gasteiger partial charge in [0, 0.05) is 25.0 Å². The van der Waals surface area contributed by atoms with E-state index in [2.05, 4.69) is 0 Å². The highest BCUT2D eigenvalue weighted by molar-refractivity contribution is 5.79. The summed E-state index contributed by atoms with van der Waals surface area (Å²) >= 11 is 0. The summed E-state index contributed by atoms with van der Waals surface area (Å²) in [6.07, 6.45) is -2.75. The Balaban J connectivity index is 2.17. The molecule has 0 spiro atoms. The van der Waals surface area contributed by atoms with Gasteiger partial charge in [-0.3, -0.25) is 4.79 Å². The topological polar surface area (TPSA) is 46.3 Å². The smallest absolute Gasteiger partial charge is 0.341 e. The largest absolute Gasteiger partial charge is 0.416 e. The molecule has 1 saturated heterocycles. The summed E-state index contributed by atoms with van der Waals surface area (Å²) in [5.74, 6) is -0.106. The first-order chi connectivity index (χ1) is 9.80. The van der Waals surface area contributed by atoms with E-state index in [4.69, 9.17) is 5.73 Å². The number of carbonyl (C=O) groups excluding carboxylic acids is 1. The highest BCUT2D eigenvalue weighted by atomic mass is 19.4. The van der Waals surface area contributed by atoms with E-state index >= 15 is 0 Å². The fourth-order valence-electron chi connectivity index (χ4n) is 2.73. The molecule has 1 aliphatic heterocycles. The highest BCUT2D eigenvalue weighted by Gasteiger charge is 2.35. The molecule has 0 bridgehead atoms. The average Bonchev–Trinajstić information content (AvgIpc) is 2.43. The number of rotatable bonds is 3. The zero-order chi connectivity index (χ0) is 15.6. The van der Waals surface area contributed by atoms with Crippen LogP contribution in [-0.2, 0) is 11.0 Å². The van der Waals surface area contributed by atoms with Crippen molar-refractivity contribution in [2.75, 3.05) is 13.1 Å². The number of hydrogen-bond acceptors (Lipinski definition) is 2. The molecular weight excluding hydrogens is 281 g/mol. The number of halogens is 3. The van der Waals surface area contributed by atoms with Crippen molar-refractivity contribution in [1.82, 2.24) is 4.90 Å². The van der Waals surface area contributed by atoms with Gasteiger partial charge >= 0.3 is 6.18 Å². The number of nitrogens with zero attached hydrogens (tertiary/aromatic N) is 1. The average molecular weight is 300 g/mol. The number of benzene rings is 1. The van der Waals surface area contributed by atoms with Gasteiger partial charge in [-0.05, 0) is 24.5 Å². The molecule has 0 saturated carbocycles. The number of alkyl halides is 3. The van der Waals surface area contributed by atoms with Crippen molar-refractivity contribution < 1.29 is 18.0 Å². The third kappa shape index (κ3) is 3.56. The first-order valence-corrected chi connectivity index (χ1v) is 7.01. The molecule has 0 aromatic heterocycles. The minimum atomic E-state index is -4.44. The molecule has 6 heteroatoms. The number of amides is 1. The quantitative estimate of drug-likeness (QED) is 0.933. The summed E-state index contributed by atoms with van der Waals surface area (Å²) in [6, 6.07) is 4.44. The maximum absolute atomic E-state index is 13.0. The van der Waals surface area contributed by atoms with Gasteiger partial charge in [0.05, 0.1) is 5.56 Å². The van der Waals surface area contributed by atoms with E-state index in [0.717, 1.165) is 18.9 Å². The predicted molar refractivity (Wildman–Crippen MR) is 73.4 cm³/mol.